The summed E-state index contributed by atoms with van der Waals surface area (Å²) in [4.78, 5) is 24.0. The summed E-state index contributed by atoms with van der Waals surface area (Å²) in [6, 6.07) is 4.56. The molecule has 0 bridgehead atoms. The van der Waals surface area contributed by atoms with E-state index in [4.69, 9.17) is 4.74 Å². The van der Waals surface area contributed by atoms with E-state index < -0.39 is 10.9 Å². The number of benzene rings is 1. The number of carboxylic acid groups (broad SMARTS) is 1. The summed E-state index contributed by atoms with van der Waals surface area (Å²) in [6.07, 6.45) is 2.98. The quantitative estimate of drug-likeness (QED) is 0.677. The highest BCUT2D eigenvalue weighted by atomic mass is 16.6. The predicted molar refractivity (Wildman–Crippen MR) is 74.8 cm³/mol. The van der Waals surface area contributed by atoms with Crippen LogP contribution in [0.2, 0.25) is 0 Å². The molecule has 1 aliphatic carbocycles. The number of ether oxygens (including phenoxy) is 1. The fourth-order valence-corrected chi connectivity index (χ4v) is 3.35. The minimum atomic E-state index is -1.28. The number of carboxylic acids is 1. The maximum absolute atomic E-state index is 11.4. The number of morpholine rings is 1. The van der Waals surface area contributed by atoms with E-state index in [9.17, 15) is 20.0 Å². The van der Waals surface area contributed by atoms with Crippen LogP contribution < -0.4 is 4.90 Å². The van der Waals surface area contributed by atoms with Crippen LogP contribution in [0.5, 0.6) is 0 Å². The fourth-order valence-electron chi connectivity index (χ4n) is 3.35. The maximum Gasteiger partial charge on any atom is 0.342 e. The molecule has 0 radical (unpaired) electrons. The van der Waals surface area contributed by atoms with Crippen LogP contribution in [0.4, 0.5) is 11.4 Å². The lowest BCUT2D eigenvalue weighted by atomic mass is 10.1. The van der Waals surface area contributed by atoms with Gasteiger partial charge in [-0.2, -0.15) is 0 Å². The Morgan fingerprint density at radius 1 is 1.43 bits per heavy atom. The molecule has 2 atom stereocenters. The second-order valence-electron chi connectivity index (χ2n) is 5.34. The third kappa shape index (κ3) is 2.33. The molecule has 0 aromatic heterocycles. The summed E-state index contributed by atoms with van der Waals surface area (Å²) >= 11 is 0. The van der Waals surface area contributed by atoms with Crippen molar-refractivity contribution in [3.63, 3.8) is 0 Å². The molecule has 2 fully saturated rings. The number of hydrogen-bond acceptors (Lipinski definition) is 5. The van der Waals surface area contributed by atoms with E-state index in [2.05, 4.69) is 0 Å². The molecular weight excluding hydrogens is 276 g/mol. The number of hydrogen-bond donors (Lipinski definition) is 1. The molecule has 1 aromatic carbocycles. The average Bonchev–Trinajstić information content (AvgIpc) is 2.94. The van der Waals surface area contributed by atoms with Crippen molar-refractivity contribution in [1.82, 2.24) is 0 Å². The van der Waals surface area contributed by atoms with Crippen LogP contribution >= 0.6 is 0 Å². The first-order valence-electron chi connectivity index (χ1n) is 6.98. The van der Waals surface area contributed by atoms with E-state index in [-0.39, 0.29) is 23.4 Å². The molecule has 0 amide bonds. The van der Waals surface area contributed by atoms with Gasteiger partial charge in [-0.15, -0.1) is 0 Å². The second-order valence-corrected chi connectivity index (χ2v) is 5.34. The lowest BCUT2D eigenvalue weighted by molar-refractivity contribution is -0.384. The summed E-state index contributed by atoms with van der Waals surface area (Å²) in [5, 5.41) is 20.5. The van der Waals surface area contributed by atoms with Crippen molar-refractivity contribution in [3.05, 3.63) is 33.9 Å². The van der Waals surface area contributed by atoms with Gasteiger partial charge in [-0.25, -0.2) is 4.79 Å². The van der Waals surface area contributed by atoms with Crippen LogP contribution in [-0.2, 0) is 4.74 Å². The van der Waals surface area contributed by atoms with Gasteiger partial charge < -0.3 is 14.7 Å². The molecule has 21 heavy (non-hydrogen) atoms. The van der Waals surface area contributed by atoms with Crippen molar-refractivity contribution in [1.29, 1.82) is 0 Å². The molecule has 0 spiro atoms. The van der Waals surface area contributed by atoms with Crippen molar-refractivity contribution in [3.8, 4) is 0 Å². The zero-order chi connectivity index (χ0) is 15.0. The van der Waals surface area contributed by atoms with Crippen LogP contribution in [0.15, 0.2) is 18.2 Å². The van der Waals surface area contributed by atoms with Gasteiger partial charge in [0.05, 0.1) is 23.7 Å². The molecule has 112 valence electrons. The van der Waals surface area contributed by atoms with Crippen LogP contribution in [-0.4, -0.2) is 41.3 Å². The normalized spacial score (nSPS) is 24.7. The first-order chi connectivity index (χ1) is 10.1. The third-order valence-electron chi connectivity index (χ3n) is 4.22. The molecule has 1 saturated heterocycles. The lowest BCUT2D eigenvalue weighted by Crippen LogP contribution is -2.48. The Morgan fingerprint density at radius 2 is 2.24 bits per heavy atom. The molecule has 1 heterocycles. The Kier molecular flexibility index (Phi) is 3.50. The number of para-hydroxylation sites is 1. The van der Waals surface area contributed by atoms with Gasteiger partial charge in [0.2, 0.25) is 0 Å². The smallest absolute Gasteiger partial charge is 0.342 e. The summed E-state index contributed by atoms with van der Waals surface area (Å²) in [5.74, 6) is -1.28. The van der Waals surface area contributed by atoms with E-state index >= 15 is 0 Å². The summed E-state index contributed by atoms with van der Waals surface area (Å²) in [6.45, 7) is 1.06. The van der Waals surface area contributed by atoms with Gasteiger partial charge in [-0.3, -0.25) is 10.1 Å². The van der Waals surface area contributed by atoms with Crippen LogP contribution in [0, 0.1) is 10.1 Å². The van der Waals surface area contributed by atoms with Gasteiger partial charge in [-0.05, 0) is 31.4 Å². The van der Waals surface area contributed by atoms with Crippen LogP contribution in [0.25, 0.3) is 0 Å². The minimum absolute atomic E-state index is 0.0897. The second kappa shape index (κ2) is 5.33. The van der Waals surface area contributed by atoms with Gasteiger partial charge >= 0.3 is 11.7 Å². The molecule has 1 saturated carbocycles. The van der Waals surface area contributed by atoms with Gasteiger partial charge in [0.15, 0.2) is 0 Å². The Morgan fingerprint density at radius 3 is 2.95 bits per heavy atom. The number of nitrogens with zero attached hydrogens (tertiary/aromatic N) is 2. The van der Waals surface area contributed by atoms with Crippen molar-refractivity contribution >= 4 is 17.3 Å². The Hall–Kier alpha value is -2.15. The minimum Gasteiger partial charge on any atom is -0.477 e. The van der Waals surface area contributed by atoms with Gasteiger partial charge in [0, 0.05) is 6.54 Å². The molecule has 2 aliphatic rings. The van der Waals surface area contributed by atoms with E-state index in [0.29, 0.717) is 18.8 Å². The zero-order valence-corrected chi connectivity index (χ0v) is 11.4. The molecule has 2 unspecified atom stereocenters. The summed E-state index contributed by atoms with van der Waals surface area (Å²) in [5.41, 5.74) is -0.198. The van der Waals surface area contributed by atoms with Gasteiger partial charge in [0.25, 0.3) is 0 Å². The number of fused-ring (bicyclic) bond motifs is 1. The van der Waals surface area contributed by atoms with E-state index in [1.165, 1.54) is 6.07 Å². The van der Waals surface area contributed by atoms with Crippen molar-refractivity contribution < 1.29 is 19.6 Å². The third-order valence-corrected chi connectivity index (χ3v) is 4.22. The monoisotopic (exact) mass is 292 g/mol. The maximum atomic E-state index is 11.4. The summed E-state index contributed by atoms with van der Waals surface area (Å²) < 4.78 is 5.70. The number of nitro benzene ring substituents is 1. The first kappa shape index (κ1) is 13.8. The van der Waals surface area contributed by atoms with Crippen LogP contribution in [0.3, 0.4) is 0 Å². The molecule has 3 rings (SSSR count). The molecule has 1 aliphatic heterocycles. The van der Waals surface area contributed by atoms with Gasteiger partial charge in [0.1, 0.15) is 11.3 Å². The Labute approximate surface area is 121 Å². The Balaban J connectivity index is 2.07. The van der Waals surface area contributed by atoms with Crippen molar-refractivity contribution in [2.24, 2.45) is 0 Å². The standard InChI is InChI=1S/C14H16N2O5/c17-14(18)9-3-1-5-11(13(9)16(19)20)15-7-8-21-12-6-2-4-10(12)15/h1,3,5,10,12H,2,4,6-8H2,(H,17,18). The highest BCUT2D eigenvalue weighted by Gasteiger charge is 2.39. The van der Waals surface area contributed by atoms with Crippen molar-refractivity contribution in [2.45, 2.75) is 31.4 Å². The van der Waals surface area contributed by atoms with Crippen LogP contribution in [0.1, 0.15) is 29.6 Å². The fraction of sp³-hybridized carbons (Fsp3) is 0.500. The number of rotatable bonds is 3. The topological polar surface area (TPSA) is 92.9 Å². The highest BCUT2D eigenvalue weighted by Crippen LogP contribution is 2.38. The molecule has 7 heteroatoms. The average molecular weight is 292 g/mol. The zero-order valence-electron chi connectivity index (χ0n) is 11.4. The summed E-state index contributed by atoms with van der Waals surface area (Å²) in [7, 11) is 0. The number of nitro groups is 1. The predicted octanol–water partition coefficient (Wildman–Crippen LogP) is 2.05. The molecular formula is C14H16N2O5. The van der Waals surface area contributed by atoms with Gasteiger partial charge in [-0.1, -0.05) is 6.07 Å². The number of anilines is 1. The highest BCUT2D eigenvalue weighted by molar-refractivity contribution is 5.95. The van der Waals surface area contributed by atoms with E-state index in [1.807, 2.05) is 4.90 Å². The SMILES string of the molecule is O=C(O)c1cccc(N2CCOC3CCCC32)c1[N+](=O)[O-]. The van der Waals surface area contributed by atoms with E-state index in [1.54, 1.807) is 12.1 Å². The number of carbonyl (C=O) groups is 1. The Bertz CT molecular complexity index is 589. The molecule has 1 N–H and O–H groups in total. The van der Waals surface area contributed by atoms with E-state index in [0.717, 1.165) is 19.3 Å². The largest absolute Gasteiger partial charge is 0.477 e. The van der Waals surface area contributed by atoms with Crippen molar-refractivity contribution in [2.75, 3.05) is 18.1 Å². The lowest BCUT2D eigenvalue weighted by Gasteiger charge is -2.39. The molecule has 7 nitrogen and oxygen atoms in total. The number of aromatic carboxylic acids is 1. The first-order valence-corrected chi connectivity index (χ1v) is 6.98. The molecule has 1 aromatic rings.